The summed E-state index contributed by atoms with van der Waals surface area (Å²) in [5, 5.41) is 1.71. The standard InChI is InChI=1S/C17H11N3O/c21-17(15-9-18-10-19-15)16-11-5-1-3-7-13(11)20-14-8-4-2-6-12(14)16/h1-10H,(H,18,19). The maximum Gasteiger partial charge on any atom is 0.212 e. The maximum absolute atomic E-state index is 12.8. The lowest BCUT2D eigenvalue weighted by atomic mass is 9.98. The number of aromatic nitrogens is 3. The van der Waals surface area contributed by atoms with Crippen molar-refractivity contribution in [3.63, 3.8) is 0 Å². The van der Waals surface area contributed by atoms with Crippen LogP contribution in [0, 0.1) is 0 Å². The molecule has 0 aliphatic carbocycles. The number of aromatic amines is 1. The quantitative estimate of drug-likeness (QED) is 0.450. The molecule has 0 unspecified atom stereocenters. The number of nitrogens with zero attached hydrogens (tertiary/aromatic N) is 2. The molecule has 1 N–H and O–H groups in total. The molecule has 0 spiro atoms. The molecule has 0 aliphatic heterocycles. The summed E-state index contributed by atoms with van der Waals surface area (Å²) in [5.41, 5.74) is 2.79. The number of carbonyl (C=O) groups excluding carboxylic acids is 1. The summed E-state index contributed by atoms with van der Waals surface area (Å²) in [6.45, 7) is 0. The third-order valence-corrected chi connectivity index (χ3v) is 3.56. The van der Waals surface area contributed by atoms with Crippen LogP contribution in [0.15, 0.2) is 61.1 Å². The predicted molar refractivity (Wildman–Crippen MR) is 81.3 cm³/mol. The van der Waals surface area contributed by atoms with Gasteiger partial charge in [0.2, 0.25) is 5.78 Å². The first-order chi connectivity index (χ1) is 10.3. The van der Waals surface area contributed by atoms with Crippen molar-refractivity contribution in [1.29, 1.82) is 0 Å². The fraction of sp³-hybridized carbons (Fsp3) is 0. The van der Waals surface area contributed by atoms with Crippen LogP contribution in [0.2, 0.25) is 0 Å². The molecule has 0 saturated carbocycles. The molecular formula is C17H11N3O. The number of benzene rings is 2. The number of ketones is 1. The maximum atomic E-state index is 12.8. The second-order valence-corrected chi connectivity index (χ2v) is 4.82. The van der Waals surface area contributed by atoms with E-state index in [1.165, 1.54) is 6.33 Å². The van der Waals surface area contributed by atoms with Gasteiger partial charge in [-0.25, -0.2) is 9.97 Å². The lowest BCUT2D eigenvalue weighted by Crippen LogP contribution is -2.04. The van der Waals surface area contributed by atoms with E-state index < -0.39 is 0 Å². The average Bonchev–Trinajstić information content (AvgIpc) is 3.06. The summed E-state index contributed by atoms with van der Waals surface area (Å²) >= 11 is 0. The number of imidazole rings is 1. The zero-order valence-corrected chi connectivity index (χ0v) is 11.1. The monoisotopic (exact) mass is 273 g/mol. The van der Waals surface area contributed by atoms with E-state index in [9.17, 15) is 4.79 Å². The van der Waals surface area contributed by atoms with Crippen LogP contribution in [0.1, 0.15) is 16.1 Å². The van der Waals surface area contributed by atoms with Crippen molar-refractivity contribution in [2.24, 2.45) is 0 Å². The zero-order valence-electron chi connectivity index (χ0n) is 11.1. The van der Waals surface area contributed by atoms with Crippen molar-refractivity contribution < 1.29 is 4.79 Å². The highest BCUT2D eigenvalue weighted by Gasteiger charge is 2.18. The SMILES string of the molecule is O=C(c1cnc[nH]1)c1c2ccccc2nc2ccccc12. The Morgan fingerprint density at radius 1 is 0.905 bits per heavy atom. The van der Waals surface area contributed by atoms with E-state index in [1.54, 1.807) is 6.20 Å². The van der Waals surface area contributed by atoms with Gasteiger partial charge in [-0.1, -0.05) is 36.4 Å². The Labute approximate surface area is 120 Å². The molecule has 4 nitrogen and oxygen atoms in total. The van der Waals surface area contributed by atoms with Crippen LogP contribution >= 0.6 is 0 Å². The zero-order chi connectivity index (χ0) is 14.2. The van der Waals surface area contributed by atoms with Crippen molar-refractivity contribution in [3.05, 3.63) is 72.3 Å². The van der Waals surface area contributed by atoms with Crippen LogP contribution in [-0.2, 0) is 0 Å². The summed E-state index contributed by atoms with van der Waals surface area (Å²) in [7, 11) is 0. The molecular weight excluding hydrogens is 262 g/mol. The molecule has 0 amide bonds. The molecule has 2 heterocycles. The highest BCUT2D eigenvalue weighted by molar-refractivity contribution is 6.22. The Morgan fingerprint density at radius 2 is 1.52 bits per heavy atom. The molecule has 4 rings (SSSR count). The molecule has 100 valence electrons. The fourth-order valence-corrected chi connectivity index (χ4v) is 2.60. The predicted octanol–water partition coefficient (Wildman–Crippen LogP) is 3.34. The summed E-state index contributed by atoms with van der Waals surface area (Å²) in [5.74, 6) is -0.0673. The topological polar surface area (TPSA) is 58.6 Å². The molecule has 2 aromatic heterocycles. The number of nitrogens with one attached hydrogen (secondary N) is 1. The normalized spacial score (nSPS) is 11.0. The average molecular weight is 273 g/mol. The number of hydrogen-bond acceptors (Lipinski definition) is 3. The van der Waals surface area contributed by atoms with Crippen molar-refractivity contribution in [3.8, 4) is 0 Å². The lowest BCUT2D eigenvalue weighted by molar-refractivity contribution is 0.103. The minimum absolute atomic E-state index is 0.0673. The molecule has 4 aromatic rings. The molecule has 0 atom stereocenters. The van der Waals surface area contributed by atoms with Gasteiger partial charge in [0.05, 0.1) is 23.6 Å². The Hall–Kier alpha value is -3.01. The summed E-state index contributed by atoms with van der Waals surface area (Å²) < 4.78 is 0. The van der Waals surface area contributed by atoms with Gasteiger partial charge in [0.25, 0.3) is 0 Å². The van der Waals surface area contributed by atoms with Crippen LogP contribution in [0.25, 0.3) is 21.8 Å². The van der Waals surface area contributed by atoms with Gasteiger partial charge < -0.3 is 4.98 Å². The summed E-state index contributed by atoms with van der Waals surface area (Å²) in [4.78, 5) is 24.3. The van der Waals surface area contributed by atoms with Crippen LogP contribution in [0.5, 0.6) is 0 Å². The molecule has 0 fully saturated rings. The number of carbonyl (C=O) groups is 1. The molecule has 0 aliphatic rings. The molecule has 21 heavy (non-hydrogen) atoms. The number of rotatable bonds is 2. The second kappa shape index (κ2) is 4.52. The minimum Gasteiger partial charge on any atom is -0.342 e. The molecule has 0 saturated heterocycles. The third-order valence-electron chi connectivity index (χ3n) is 3.56. The van der Waals surface area contributed by atoms with Gasteiger partial charge in [-0.15, -0.1) is 0 Å². The number of pyridine rings is 1. The third kappa shape index (κ3) is 1.80. The van der Waals surface area contributed by atoms with E-state index in [1.807, 2.05) is 48.5 Å². The Kier molecular flexibility index (Phi) is 2.54. The number of H-pyrrole nitrogens is 1. The Balaban J connectivity index is 2.14. The van der Waals surface area contributed by atoms with E-state index in [0.717, 1.165) is 21.8 Å². The first kappa shape index (κ1) is 11.8. The summed E-state index contributed by atoms with van der Waals surface area (Å²) in [6.07, 6.45) is 3.06. The van der Waals surface area contributed by atoms with Crippen LogP contribution in [0.3, 0.4) is 0 Å². The minimum atomic E-state index is -0.0673. The first-order valence-electron chi connectivity index (χ1n) is 6.65. The highest BCUT2D eigenvalue weighted by atomic mass is 16.1. The number of para-hydroxylation sites is 2. The van der Waals surface area contributed by atoms with E-state index in [0.29, 0.717) is 11.3 Å². The van der Waals surface area contributed by atoms with Crippen molar-refractivity contribution >= 4 is 27.6 Å². The second-order valence-electron chi connectivity index (χ2n) is 4.82. The highest BCUT2D eigenvalue weighted by Crippen LogP contribution is 2.27. The van der Waals surface area contributed by atoms with E-state index >= 15 is 0 Å². The fourth-order valence-electron chi connectivity index (χ4n) is 2.60. The van der Waals surface area contributed by atoms with Gasteiger partial charge in [0.15, 0.2) is 0 Å². The first-order valence-corrected chi connectivity index (χ1v) is 6.65. The molecule has 4 heteroatoms. The van der Waals surface area contributed by atoms with Gasteiger partial charge in [-0.2, -0.15) is 0 Å². The van der Waals surface area contributed by atoms with Crippen molar-refractivity contribution in [2.75, 3.05) is 0 Å². The number of hydrogen-bond donors (Lipinski definition) is 1. The Morgan fingerprint density at radius 3 is 2.10 bits per heavy atom. The summed E-state index contributed by atoms with van der Waals surface area (Å²) in [6, 6.07) is 15.4. The Bertz CT molecular complexity index is 904. The van der Waals surface area contributed by atoms with Gasteiger partial charge in [-0.3, -0.25) is 4.79 Å². The molecule has 0 bridgehead atoms. The van der Waals surface area contributed by atoms with Crippen LogP contribution in [-0.4, -0.2) is 20.7 Å². The van der Waals surface area contributed by atoms with E-state index in [-0.39, 0.29) is 5.78 Å². The molecule has 0 radical (unpaired) electrons. The van der Waals surface area contributed by atoms with Gasteiger partial charge >= 0.3 is 0 Å². The van der Waals surface area contributed by atoms with Gasteiger partial charge in [0, 0.05) is 16.3 Å². The van der Waals surface area contributed by atoms with Crippen LogP contribution < -0.4 is 0 Å². The van der Waals surface area contributed by atoms with Crippen molar-refractivity contribution in [1.82, 2.24) is 15.0 Å². The lowest BCUT2D eigenvalue weighted by Gasteiger charge is -2.09. The van der Waals surface area contributed by atoms with Crippen molar-refractivity contribution in [2.45, 2.75) is 0 Å². The molecule has 2 aromatic carbocycles. The van der Waals surface area contributed by atoms with Gasteiger partial charge in [-0.05, 0) is 12.1 Å². The largest absolute Gasteiger partial charge is 0.342 e. The smallest absolute Gasteiger partial charge is 0.212 e. The number of fused-ring (bicyclic) bond motifs is 2. The van der Waals surface area contributed by atoms with E-state index in [4.69, 9.17) is 0 Å². The van der Waals surface area contributed by atoms with Gasteiger partial charge in [0.1, 0.15) is 5.69 Å². The van der Waals surface area contributed by atoms with E-state index in [2.05, 4.69) is 15.0 Å². The van der Waals surface area contributed by atoms with Crippen LogP contribution in [0.4, 0.5) is 0 Å².